The number of nitrogens with zero attached hydrogens (tertiary/aromatic N) is 2. The van der Waals surface area contributed by atoms with Crippen LogP contribution < -0.4 is 10.2 Å². The van der Waals surface area contributed by atoms with E-state index < -0.39 is 17.6 Å². The van der Waals surface area contributed by atoms with Crippen LogP contribution in [0.25, 0.3) is 0 Å². The second-order valence-corrected chi connectivity index (χ2v) is 6.03. The van der Waals surface area contributed by atoms with Gasteiger partial charge in [-0.1, -0.05) is 18.2 Å². The molecule has 1 aliphatic rings. The number of carbonyl (C=O) groups is 2. The van der Waals surface area contributed by atoms with Crippen LogP contribution in [0.1, 0.15) is 5.56 Å². The first kappa shape index (κ1) is 17.8. The van der Waals surface area contributed by atoms with E-state index in [-0.39, 0.29) is 12.4 Å². The van der Waals surface area contributed by atoms with Gasteiger partial charge >= 0.3 is 11.8 Å². The molecular formula is C19H19F2N3O2. The third kappa shape index (κ3) is 4.17. The van der Waals surface area contributed by atoms with Crippen molar-refractivity contribution >= 4 is 17.5 Å². The summed E-state index contributed by atoms with van der Waals surface area (Å²) in [6.45, 7) is 1.86. The van der Waals surface area contributed by atoms with Crippen LogP contribution in [-0.2, 0) is 16.1 Å². The van der Waals surface area contributed by atoms with Gasteiger partial charge in [-0.3, -0.25) is 9.59 Å². The van der Waals surface area contributed by atoms with Crippen LogP contribution >= 0.6 is 0 Å². The maximum atomic E-state index is 13.5. The lowest BCUT2D eigenvalue weighted by Gasteiger charge is -2.35. The normalized spacial score (nSPS) is 14.2. The Bertz CT molecular complexity index is 788. The van der Waals surface area contributed by atoms with E-state index in [2.05, 4.69) is 5.32 Å². The van der Waals surface area contributed by atoms with Crippen LogP contribution in [0.15, 0.2) is 48.5 Å². The van der Waals surface area contributed by atoms with E-state index in [1.807, 2.05) is 4.90 Å². The van der Waals surface area contributed by atoms with Crippen LogP contribution in [0.3, 0.4) is 0 Å². The van der Waals surface area contributed by atoms with Crippen molar-refractivity contribution in [1.82, 2.24) is 10.2 Å². The van der Waals surface area contributed by atoms with Gasteiger partial charge in [-0.2, -0.15) is 0 Å². The summed E-state index contributed by atoms with van der Waals surface area (Å²) in [6, 6.07) is 12.3. The Labute approximate surface area is 150 Å². The Balaban J connectivity index is 1.50. The molecule has 1 N–H and O–H groups in total. The average Bonchev–Trinajstić information content (AvgIpc) is 2.67. The molecule has 1 aliphatic heterocycles. The molecule has 5 nitrogen and oxygen atoms in total. The standard InChI is InChI=1S/C19H19F2N3O2/c20-15-5-7-16(8-6-15)23-9-11-24(12-10-23)19(26)18(25)22-13-14-3-1-2-4-17(14)21/h1-8H,9-13H2,(H,22,25). The first-order chi connectivity index (χ1) is 12.5. The predicted octanol–water partition coefficient (Wildman–Crippen LogP) is 1.93. The molecular weight excluding hydrogens is 340 g/mol. The monoisotopic (exact) mass is 359 g/mol. The SMILES string of the molecule is O=C(NCc1ccccc1F)C(=O)N1CCN(c2ccc(F)cc2)CC1. The second-order valence-electron chi connectivity index (χ2n) is 6.03. The first-order valence-corrected chi connectivity index (χ1v) is 8.35. The van der Waals surface area contributed by atoms with Gasteiger partial charge in [0.1, 0.15) is 11.6 Å². The second kappa shape index (κ2) is 7.95. The van der Waals surface area contributed by atoms with Gasteiger partial charge in [0.25, 0.3) is 0 Å². The molecule has 0 bridgehead atoms. The van der Waals surface area contributed by atoms with Crippen LogP contribution in [0.2, 0.25) is 0 Å². The molecule has 2 amide bonds. The summed E-state index contributed by atoms with van der Waals surface area (Å²) in [5.74, 6) is -2.09. The van der Waals surface area contributed by atoms with E-state index in [4.69, 9.17) is 0 Å². The van der Waals surface area contributed by atoms with Gasteiger partial charge in [-0.05, 0) is 30.3 Å². The minimum Gasteiger partial charge on any atom is -0.368 e. The number of hydrogen-bond acceptors (Lipinski definition) is 3. The summed E-state index contributed by atoms with van der Waals surface area (Å²) >= 11 is 0. The number of rotatable bonds is 3. The van der Waals surface area contributed by atoms with Crippen LogP contribution in [0.4, 0.5) is 14.5 Å². The van der Waals surface area contributed by atoms with Gasteiger partial charge in [-0.25, -0.2) is 8.78 Å². The predicted molar refractivity (Wildman–Crippen MR) is 93.4 cm³/mol. The minimum atomic E-state index is -0.747. The highest BCUT2D eigenvalue weighted by molar-refractivity contribution is 6.35. The van der Waals surface area contributed by atoms with Crippen molar-refractivity contribution in [1.29, 1.82) is 0 Å². The largest absolute Gasteiger partial charge is 0.368 e. The molecule has 26 heavy (non-hydrogen) atoms. The Kier molecular flexibility index (Phi) is 5.46. The van der Waals surface area contributed by atoms with Gasteiger partial charge in [0, 0.05) is 44.0 Å². The van der Waals surface area contributed by atoms with Gasteiger partial charge in [-0.15, -0.1) is 0 Å². The molecule has 0 saturated carbocycles. The number of amides is 2. The Hall–Kier alpha value is -2.96. The Morgan fingerprint density at radius 1 is 0.923 bits per heavy atom. The van der Waals surface area contributed by atoms with E-state index in [9.17, 15) is 18.4 Å². The molecule has 2 aromatic rings. The lowest BCUT2D eigenvalue weighted by molar-refractivity contribution is -0.146. The van der Waals surface area contributed by atoms with Gasteiger partial charge in [0.05, 0.1) is 0 Å². The first-order valence-electron chi connectivity index (χ1n) is 8.35. The zero-order valence-corrected chi connectivity index (χ0v) is 14.1. The van der Waals surface area contributed by atoms with Crippen LogP contribution in [-0.4, -0.2) is 42.9 Å². The summed E-state index contributed by atoms with van der Waals surface area (Å²) in [7, 11) is 0. The maximum absolute atomic E-state index is 13.5. The molecule has 0 spiro atoms. The molecule has 0 radical (unpaired) electrons. The summed E-state index contributed by atoms with van der Waals surface area (Å²) < 4.78 is 26.5. The highest BCUT2D eigenvalue weighted by atomic mass is 19.1. The minimum absolute atomic E-state index is 0.0349. The number of anilines is 1. The van der Waals surface area contributed by atoms with Crippen LogP contribution in [0, 0.1) is 11.6 Å². The molecule has 1 heterocycles. The number of carbonyl (C=O) groups excluding carboxylic acids is 2. The number of benzene rings is 2. The number of halogens is 2. The molecule has 0 atom stereocenters. The molecule has 0 aliphatic carbocycles. The zero-order valence-electron chi connectivity index (χ0n) is 14.1. The summed E-state index contributed by atoms with van der Waals surface area (Å²) in [6.07, 6.45) is 0. The zero-order chi connectivity index (χ0) is 18.5. The fraction of sp³-hybridized carbons (Fsp3) is 0.263. The molecule has 0 aromatic heterocycles. The van der Waals surface area contributed by atoms with Crippen molar-refractivity contribution in [3.05, 3.63) is 65.7 Å². The van der Waals surface area contributed by atoms with Crippen molar-refractivity contribution in [2.45, 2.75) is 6.54 Å². The lowest BCUT2D eigenvalue weighted by Crippen LogP contribution is -2.52. The average molecular weight is 359 g/mol. The third-order valence-electron chi connectivity index (χ3n) is 4.35. The quantitative estimate of drug-likeness (QED) is 0.852. The third-order valence-corrected chi connectivity index (χ3v) is 4.35. The highest BCUT2D eigenvalue weighted by Gasteiger charge is 2.26. The van der Waals surface area contributed by atoms with Crippen molar-refractivity contribution in [2.24, 2.45) is 0 Å². The fourth-order valence-corrected chi connectivity index (χ4v) is 2.86. The fourth-order valence-electron chi connectivity index (χ4n) is 2.86. The van der Waals surface area contributed by atoms with Crippen LogP contribution in [0.5, 0.6) is 0 Å². The van der Waals surface area contributed by atoms with Crippen molar-refractivity contribution < 1.29 is 18.4 Å². The van der Waals surface area contributed by atoms with E-state index in [1.165, 1.54) is 23.1 Å². The molecule has 0 unspecified atom stereocenters. The van der Waals surface area contributed by atoms with E-state index >= 15 is 0 Å². The maximum Gasteiger partial charge on any atom is 0.312 e. The summed E-state index contributed by atoms with van der Waals surface area (Å²) in [5.41, 5.74) is 1.21. The van der Waals surface area contributed by atoms with Gasteiger partial charge in [0.2, 0.25) is 0 Å². The smallest absolute Gasteiger partial charge is 0.312 e. The number of hydrogen-bond donors (Lipinski definition) is 1. The molecule has 7 heteroatoms. The number of nitrogens with one attached hydrogen (secondary N) is 1. The topological polar surface area (TPSA) is 52.7 Å². The van der Waals surface area contributed by atoms with Crippen molar-refractivity contribution in [3.8, 4) is 0 Å². The molecule has 136 valence electrons. The van der Waals surface area contributed by atoms with Gasteiger partial charge < -0.3 is 15.1 Å². The van der Waals surface area contributed by atoms with Crippen molar-refractivity contribution in [2.75, 3.05) is 31.1 Å². The van der Waals surface area contributed by atoms with E-state index in [0.717, 1.165) is 5.69 Å². The summed E-state index contributed by atoms with van der Waals surface area (Å²) in [5, 5.41) is 2.46. The lowest BCUT2D eigenvalue weighted by atomic mass is 10.2. The molecule has 1 saturated heterocycles. The van der Waals surface area contributed by atoms with E-state index in [1.54, 1.807) is 30.3 Å². The van der Waals surface area contributed by atoms with Crippen molar-refractivity contribution in [3.63, 3.8) is 0 Å². The Morgan fingerprint density at radius 2 is 1.58 bits per heavy atom. The summed E-state index contributed by atoms with van der Waals surface area (Å²) in [4.78, 5) is 27.8. The molecule has 1 fully saturated rings. The van der Waals surface area contributed by atoms with Gasteiger partial charge in [0.15, 0.2) is 0 Å². The molecule has 2 aromatic carbocycles. The highest BCUT2D eigenvalue weighted by Crippen LogP contribution is 2.17. The Morgan fingerprint density at radius 3 is 2.23 bits per heavy atom. The molecule has 3 rings (SSSR count). The van der Waals surface area contributed by atoms with E-state index in [0.29, 0.717) is 31.7 Å². The number of piperazine rings is 1.